The van der Waals surface area contributed by atoms with Crippen LogP contribution in [0.15, 0.2) is 48.5 Å². The molecule has 1 amide bonds. The summed E-state index contributed by atoms with van der Waals surface area (Å²) < 4.78 is 5.57. The van der Waals surface area contributed by atoms with Crippen LogP contribution < -0.4 is 0 Å². The summed E-state index contributed by atoms with van der Waals surface area (Å²) in [4.78, 5) is 25.3. The van der Waals surface area contributed by atoms with Crippen molar-refractivity contribution in [2.75, 3.05) is 13.2 Å². The van der Waals surface area contributed by atoms with Crippen molar-refractivity contribution in [3.05, 3.63) is 59.7 Å². The summed E-state index contributed by atoms with van der Waals surface area (Å²) in [5.41, 5.74) is 4.42. The van der Waals surface area contributed by atoms with E-state index in [-0.39, 0.29) is 19.1 Å². The first-order chi connectivity index (χ1) is 13.5. The van der Waals surface area contributed by atoms with Crippen LogP contribution in [-0.2, 0) is 9.53 Å². The summed E-state index contributed by atoms with van der Waals surface area (Å²) in [6, 6.07) is 14.3. The molecule has 0 bridgehead atoms. The van der Waals surface area contributed by atoms with E-state index < -0.39 is 24.1 Å². The van der Waals surface area contributed by atoms with E-state index in [0.29, 0.717) is 6.42 Å². The van der Waals surface area contributed by atoms with Crippen LogP contribution in [-0.4, -0.2) is 52.5 Å². The van der Waals surface area contributed by atoms with Gasteiger partial charge in [-0.2, -0.15) is 0 Å². The minimum absolute atomic E-state index is 0.104. The number of carboxylic acid groups (broad SMARTS) is 1. The maximum atomic E-state index is 12.8. The highest BCUT2D eigenvalue weighted by Crippen LogP contribution is 2.44. The average Bonchev–Trinajstić information content (AvgIpc) is 3.03. The number of ether oxygens (including phenoxy) is 1. The van der Waals surface area contributed by atoms with Gasteiger partial charge in [-0.05, 0) is 35.6 Å². The molecule has 0 aromatic heterocycles. The lowest BCUT2D eigenvalue weighted by atomic mass is 9.98. The Bertz CT molecular complexity index is 816. The molecule has 0 heterocycles. The Balaban J connectivity index is 1.82. The molecule has 0 radical (unpaired) electrons. The van der Waals surface area contributed by atoms with Gasteiger partial charge >= 0.3 is 12.1 Å². The van der Waals surface area contributed by atoms with E-state index in [4.69, 9.17) is 4.74 Å². The Labute approximate surface area is 164 Å². The first kappa shape index (κ1) is 19.9. The van der Waals surface area contributed by atoms with Crippen LogP contribution in [0.1, 0.15) is 37.3 Å². The highest BCUT2D eigenvalue weighted by atomic mass is 16.6. The molecule has 2 unspecified atom stereocenters. The zero-order valence-electron chi connectivity index (χ0n) is 16.0. The maximum Gasteiger partial charge on any atom is 0.410 e. The van der Waals surface area contributed by atoms with Gasteiger partial charge in [-0.3, -0.25) is 4.90 Å². The van der Waals surface area contributed by atoms with Gasteiger partial charge in [-0.15, -0.1) is 0 Å². The lowest BCUT2D eigenvalue weighted by molar-refractivity contribution is -0.143. The normalized spacial score (nSPS) is 14.7. The third kappa shape index (κ3) is 3.60. The number of benzene rings is 2. The Hall–Kier alpha value is -2.86. The number of rotatable bonds is 7. The van der Waals surface area contributed by atoms with Crippen molar-refractivity contribution < 1.29 is 24.5 Å². The fraction of sp³-hybridized carbons (Fsp3) is 0.364. The van der Waals surface area contributed by atoms with Crippen molar-refractivity contribution in [3.63, 3.8) is 0 Å². The molecule has 2 N–H and O–H groups in total. The molecule has 0 saturated carbocycles. The topological polar surface area (TPSA) is 87.1 Å². The second kappa shape index (κ2) is 8.44. The summed E-state index contributed by atoms with van der Waals surface area (Å²) in [6.45, 7) is 3.00. The van der Waals surface area contributed by atoms with Gasteiger partial charge < -0.3 is 14.9 Å². The second-order valence-electron chi connectivity index (χ2n) is 6.97. The van der Waals surface area contributed by atoms with Gasteiger partial charge in [0.15, 0.2) is 0 Å². The molecule has 0 aliphatic heterocycles. The molecule has 6 nitrogen and oxygen atoms in total. The smallest absolute Gasteiger partial charge is 0.410 e. The number of hydrogen-bond donors (Lipinski definition) is 2. The number of fused-ring (bicyclic) bond motifs is 3. The molecule has 1 aliphatic carbocycles. The number of amides is 1. The number of aliphatic hydroxyl groups is 1. The van der Waals surface area contributed by atoms with Gasteiger partial charge in [-0.25, -0.2) is 9.59 Å². The average molecular weight is 383 g/mol. The number of hydrogen-bond acceptors (Lipinski definition) is 4. The number of carbonyl (C=O) groups is 2. The third-order valence-electron chi connectivity index (χ3n) is 5.40. The zero-order chi connectivity index (χ0) is 20.3. The van der Waals surface area contributed by atoms with Crippen molar-refractivity contribution in [2.24, 2.45) is 0 Å². The van der Waals surface area contributed by atoms with E-state index in [0.717, 1.165) is 27.2 Å². The zero-order valence-corrected chi connectivity index (χ0v) is 16.0. The first-order valence-corrected chi connectivity index (χ1v) is 9.46. The molecule has 148 valence electrons. The number of carbonyl (C=O) groups excluding carboxylic acids is 1. The van der Waals surface area contributed by atoms with Crippen LogP contribution in [0.25, 0.3) is 11.1 Å². The second-order valence-corrected chi connectivity index (χ2v) is 6.97. The summed E-state index contributed by atoms with van der Waals surface area (Å²) in [7, 11) is 0. The lowest BCUT2D eigenvalue weighted by Gasteiger charge is -2.32. The monoisotopic (exact) mass is 383 g/mol. The minimum Gasteiger partial charge on any atom is -0.480 e. The third-order valence-corrected chi connectivity index (χ3v) is 5.40. The Morgan fingerprint density at radius 2 is 1.61 bits per heavy atom. The Kier molecular flexibility index (Phi) is 5.99. The fourth-order valence-corrected chi connectivity index (χ4v) is 3.82. The summed E-state index contributed by atoms with van der Waals surface area (Å²) >= 11 is 0. The molecule has 0 spiro atoms. The molecule has 2 aromatic carbocycles. The van der Waals surface area contributed by atoms with Crippen LogP contribution in [0, 0.1) is 0 Å². The van der Waals surface area contributed by atoms with Crippen LogP contribution in [0.3, 0.4) is 0 Å². The van der Waals surface area contributed by atoms with E-state index in [9.17, 15) is 19.8 Å². The Morgan fingerprint density at radius 3 is 2.07 bits per heavy atom. The van der Waals surface area contributed by atoms with Gasteiger partial charge in [0.1, 0.15) is 12.6 Å². The van der Waals surface area contributed by atoms with E-state index in [1.807, 2.05) is 48.5 Å². The summed E-state index contributed by atoms with van der Waals surface area (Å²) in [5.74, 6) is -1.24. The highest BCUT2D eigenvalue weighted by molar-refractivity contribution is 5.81. The molecule has 0 saturated heterocycles. The van der Waals surface area contributed by atoms with Gasteiger partial charge in [0.2, 0.25) is 0 Å². The van der Waals surface area contributed by atoms with Gasteiger partial charge in [0, 0.05) is 5.92 Å². The van der Waals surface area contributed by atoms with Crippen LogP contribution in [0.4, 0.5) is 4.79 Å². The molecular weight excluding hydrogens is 358 g/mol. The Morgan fingerprint density at radius 1 is 1.07 bits per heavy atom. The van der Waals surface area contributed by atoms with Crippen LogP contribution in [0.5, 0.6) is 0 Å². The van der Waals surface area contributed by atoms with E-state index in [1.54, 1.807) is 6.92 Å². The van der Waals surface area contributed by atoms with E-state index >= 15 is 0 Å². The summed E-state index contributed by atoms with van der Waals surface area (Å²) in [5, 5.41) is 18.9. The number of nitrogens with zero attached hydrogens (tertiary/aromatic N) is 1. The van der Waals surface area contributed by atoms with Gasteiger partial charge in [0.25, 0.3) is 0 Å². The van der Waals surface area contributed by atoms with Crippen LogP contribution >= 0.6 is 0 Å². The van der Waals surface area contributed by atoms with Crippen molar-refractivity contribution >= 4 is 12.1 Å². The maximum absolute atomic E-state index is 12.8. The van der Waals surface area contributed by atoms with Crippen molar-refractivity contribution in [2.45, 2.75) is 38.3 Å². The quantitative estimate of drug-likeness (QED) is 0.764. The molecule has 2 atom stereocenters. The predicted octanol–water partition coefficient (Wildman–Crippen LogP) is 3.48. The van der Waals surface area contributed by atoms with Crippen LogP contribution in [0.2, 0.25) is 0 Å². The van der Waals surface area contributed by atoms with Crippen molar-refractivity contribution in [1.82, 2.24) is 4.90 Å². The molecule has 0 fully saturated rings. The number of aliphatic hydroxyl groups excluding tert-OH is 1. The molecular formula is C22H25NO5. The van der Waals surface area contributed by atoms with E-state index in [2.05, 4.69) is 0 Å². The molecule has 1 aliphatic rings. The van der Waals surface area contributed by atoms with Gasteiger partial charge in [-0.1, -0.05) is 55.5 Å². The largest absolute Gasteiger partial charge is 0.480 e. The van der Waals surface area contributed by atoms with Crippen molar-refractivity contribution in [3.8, 4) is 11.1 Å². The fourth-order valence-electron chi connectivity index (χ4n) is 3.82. The standard InChI is InChI=1S/C22H25NO5/c1-3-15(12-24)23(14(2)21(25)26)22(27)28-13-20-18-10-6-4-8-16(18)17-9-5-7-11-19(17)20/h4-11,14-15,20,24H,3,12-13H2,1-2H3,(H,25,26). The lowest BCUT2D eigenvalue weighted by Crippen LogP contribution is -2.51. The first-order valence-electron chi connectivity index (χ1n) is 9.46. The number of aliphatic carboxylic acids is 1. The predicted molar refractivity (Wildman–Crippen MR) is 105 cm³/mol. The highest BCUT2D eigenvalue weighted by Gasteiger charge is 2.34. The molecule has 28 heavy (non-hydrogen) atoms. The molecule has 3 rings (SSSR count). The van der Waals surface area contributed by atoms with Gasteiger partial charge in [0.05, 0.1) is 12.6 Å². The van der Waals surface area contributed by atoms with E-state index in [1.165, 1.54) is 6.92 Å². The van der Waals surface area contributed by atoms with Crippen molar-refractivity contribution in [1.29, 1.82) is 0 Å². The molecule has 2 aromatic rings. The minimum atomic E-state index is -1.14. The molecule has 6 heteroatoms. The summed E-state index contributed by atoms with van der Waals surface area (Å²) in [6.07, 6.45) is -0.296. The SMILES string of the molecule is CCC(CO)N(C(=O)OCC1c2ccccc2-c2ccccc21)C(C)C(=O)O. The number of carboxylic acids is 1.